The Bertz CT molecular complexity index is 747. The summed E-state index contributed by atoms with van der Waals surface area (Å²) in [7, 11) is 1.09. The van der Waals surface area contributed by atoms with Crippen LogP contribution >= 0.6 is 0 Å². The Labute approximate surface area is 123 Å². The lowest BCUT2D eigenvalue weighted by molar-refractivity contribution is 0.0595. The lowest BCUT2D eigenvalue weighted by Gasteiger charge is -2.08. The molecular formula is C15H10F3NO3. The average Bonchev–Trinajstić information content (AvgIpc) is 2.51. The van der Waals surface area contributed by atoms with Crippen molar-refractivity contribution in [1.29, 1.82) is 0 Å². The van der Waals surface area contributed by atoms with Crippen LogP contribution in [0.1, 0.15) is 20.7 Å². The zero-order valence-electron chi connectivity index (χ0n) is 11.3. The largest absolute Gasteiger partial charge is 0.465 e. The Balaban J connectivity index is 2.24. The molecule has 7 heteroatoms. The lowest BCUT2D eigenvalue weighted by atomic mass is 10.1. The number of ether oxygens (including phenoxy) is 1. The zero-order valence-corrected chi connectivity index (χ0v) is 11.3. The molecule has 0 aliphatic rings. The van der Waals surface area contributed by atoms with Crippen molar-refractivity contribution in [2.45, 2.75) is 0 Å². The predicted molar refractivity (Wildman–Crippen MR) is 72.1 cm³/mol. The van der Waals surface area contributed by atoms with E-state index in [1.165, 1.54) is 6.07 Å². The molecule has 0 atom stereocenters. The van der Waals surface area contributed by atoms with Gasteiger partial charge in [-0.05, 0) is 36.4 Å². The van der Waals surface area contributed by atoms with Gasteiger partial charge in [0.25, 0.3) is 5.91 Å². The summed E-state index contributed by atoms with van der Waals surface area (Å²) in [6, 6.07) is 5.92. The topological polar surface area (TPSA) is 55.4 Å². The van der Waals surface area contributed by atoms with E-state index >= 15 is 0 Å². The van der Waals surface area contributed by atoms with Gasteiger partial charge in [0.1, 0.15) is 5.82 Å². The van der Waals surface area contributed by atoms with Gasteiger partial charge in [0, 0.05) is 11.3 Å². The van der Waals surface area contributed by atoms with Crippen LogP contribution in [-0.2, 0) is 4.74 Å². The summed E-state index contributed by atoms with van der Waals surface area (Å²) in [6.45, 7) is 0. The van der Waals surface area contributed by atoms with Gasteiger partial charge < -0.3 is 10.1 Å². The van der Waals surface area contributed by atoms with Crippen molar-refractivity contribution >= 4 is 17.6 Å². The second-order valence-electron chi connectivity index (χ2n) is 4.27. The maximum atomic E-state index is 13.5. The van der Waals surface area contributed by atoms with Crippen LogP contribution in [0.5, 0.6) is 0 Å². The number of benzene rings is 2. The number of methoxy groups -OCH3 is 1. The number of carbonyl (C=O) groups is 2. The number of esters is 1. The number of halogens is 3. The minimum Gasteiger partial charge on any atom is -0.465 e. The summed E-state index contributed by atoms with van der Waals surface area (Å²) >= 11 is 0. The first-order valence-electron chi connectivity index (χ1n) is 6.06. The Kier molecular flexibility index (Phi) is 4.45. The van der Waals surface area contributed by atoms with Gasteiger partial charge in [-0.15, -0.1) is 0 Å². The van der Waals surface area contributed by atoms with Crippen molar-refractivity contribution in [1.82, 2.24) is 0 Å². The quantitative estimate of drug-likeness (QED) is 0.886. The third-order valence-corrected chi connectivity index (χ3v) is 2.81. The predicted octanol–water partition coefficient (Wildman–Crippen LogP) is 3.14. The average molecular weight is 309 g/mol. The number of nitrogens with one attached hydrogen (secondary N) is 1. The molecule has 0 bridgehead atoms. The van der Waals surface area contributed by atoms with Crippen molar-refractivity contribution in [3.63, 3.8) is 0 Å². The molecule has 0 heterocycles. The first kappa shape index (κ1) is 15.6. The molecule has 4 nitrogen and oxygen atoms in total. The van der Waals surface area contributed by atoms with Crippen LogP contribution in [0.15, 0.2) is 36.4 Å². The molecule has 114 valence electrons. The minimum absolute atomic E-state index is 0.108. The number of carbonyl (C=O) groups excluding carboxylic acids is 2. The molecule has 0 aliphatic carbocycles. The van der Waals surface area contributed by atoms with Crippen molar-refractivity contribution < 1.29 is 27.5 Å². The van der Waals surface area contributed by atoms with E-state index < -0.39 is 29.3 Å². The normalized spacial score (nSPS) is 10.2. The maximum Gasteiger partial charge on any atom is 0.340 e. The summed E-state index contributed by atoms with van der Waals surface area (Å²) in [5.41, 5.74) is -0.370. The molecular weight excluding hydrogens is 299 g/mol. The molecule has 1 amide bonds. The number of anilines is 1. The highest BCUT2D eigenvalue weighted by molar-refractivity contribution is 6.04. The summed E-state index contributed by atoms with van der Waals surface area (Å²) in [6.07, 6.45) is 0. The van der Waals surface area contributed by atoms with Crippen LogP contribution in [0.4, 0.5) is 18.9 Å². The van der Waals surface area contributed by atoms with Gasteiger partial charge in [-0.3, -0.25) is 4.79 Å². The van der Waals surface area contributed by atoms with E-state index in [-0.39, 0.29) is 16.8 Å². The number of rotatable bonds is 3. The highest BCUT2D eigenvalue weighted by Crippen LogP contribution is 2.17. The van der Waals surface area contributed by atoms with Gasteiger partial charge in [0.05, 0.1) is 12.7 Å². The highest BCUT2D eigenvalue weighted by Gasteiger charge is 2.15. The monoisotopic (exact) mass is 309 g/mol. The van der Waals surface area contributed by atoms with E-state index in [0.717, 1.165) is 37.4 Å². The molecule has 1 N–H and O–H groups in total. The molecule has 2 aromatic rings. The van der Waals surface area contributed by atoms with Gasteiger partial charge in [0.15, 0.2) is 11.6 Å². The van der Waals surface area contributed by atoms with E-state index in [4.69, 9.17) is 0 Å². The molecule has 0 aliphatic heterocycles. The third kappa shape index (κ3) is 3.25. The first-order valence-corrected chi connectivity index (χ1v) is 6.06. The number of amides is 1. The molecule has 2 aromatic carbocycles. The van der Waals surface area contributed by atoms with E-state index in [1.807, 2.05) is 0 Å². The number of hydrogen-bond donors (Lipinski definition) is 1. The SMILES string of the molecule is COC(=O)c1cc(NC(=O)c2ccc(F)c(F)c2)ccc1F. The van der Waals surface area contributed by atoms with Crippen molar-refractivity contribution in [2.75, 3.05) is 12.4 Å². The molecule has 0 unspecified atom stereocenters. The number of hydrogen-bond acceptors (Lipinski definition) is 3. The van der Waals surface area contributed by atoms with Gasteiger partial charge in [0.2, 0.25) is 0 Å². The van der Waals surface area contributed by atoms with Gasteiger partial charge in [-0.2, -0.15) is 0 Å². The Morgan fingerprint density at radius 2 is 1.64 bits per heavy atom. The zero-order chi connectivity index (χ0) is 16.3. The summed E-state index contributed by atoms with van der Waals surface area (Å²) in [5, 5.41) is 2.35. The second kappa shape index (κ2) is 6.30. The van der Waals surface area contributed by atoms with E-state index in [1.54, 1.807) is 0 Å². The minimum atomic E-state index is -1.16. The lowest BCUT2D eigenvalue weighted by Crippen LogP contribution is -2.13. The smallest absolute Gasteiger partial charge is 0.340 e. The molecule has 0 spiro atoms. The van der Waals surface area contributed by atoms with Crippen LogP contribution in [0.25, 0.3) is 0 Å². The fourth-order valence-electron chi connectivity index (χ4n) is 1.71. The van der Waals surface area contributed by atoms with Crippen LogP contribution in [0.2, 0.25) is 0 Å². The molecule has 0 radical (unpaired) electrons. The molecule has 2 rings (SSSR count). The Morgan fingerprint density at radius 3 is 2.27 bits per heavy atom. The van der Waals surface area contributed by atoms with Crippen molar-refractivity contribution in [3.8, 4) is 0 Å². The molecule has 22 heavy (non-hydrogen) atoms. The maximum absolute atomic E-state index is 13.5. The second-order valence-corrected chi connectivity index (χ2v) is 4.27. The fraction of sp³-hybridized carbons (Fsp3) is 0.0667. The Morgan fingerprint density at radius 1 is 0.955 bits per heavy atom. The van der Waals surface area contributed by atoms with Crippen LogP contribution in [0.3, 0.4) is 0 Å². The Hall–Kier alpha value is -2.83. The van der Waals surface area contributed by atoms with Crippen molar-refractivity contribution in [3.05, 3.63) is 65.0 Å². The van der Waals surface area contributed by atoms with E-state index in [9.17, 15) is 22.8 Å². The summed E-state index contributed by atoms with van der Waals surface area (Å²) in [4.78, 5) is 23.3. The highest BCUT2D eigenvalue weighted by atomic mass is 19.2. The van der Waals surface area contributed by atoms with Crippen LogP contribution < -0.4 is 5.32 Å². The molecule has 0 fully saturated rings. The first-order chi connectivity index (χ1) is 10.4. The van der Waals surface area contributed by atoms with Gasteiger partial charge in [-0.1, -0.05) is 0 Å². The van der Waals surface area contributed by atoms with Crippen LogP contribution in [0, 0.1) is 17.5 Å². The fourth-order valence-corrected chi connectivity index (χ4v) is 1.71. The van der Waals surface area contributed by atoms with E-state index in [0.29, 0.717) is 0 Å². The summed E-state index contributed by atoms with van der Waals surface area (Å²) in [5.74, 6) is -4.69. The van der Waals surface area contributed by atoms with Gasteiger partial charge >= 0.3 is 5.97 Å². The standard InChI is InChI=1S/C15H10F3NO3/c1-22-15(21)10-7-9(3-5-11(10)16)19-14(20)8-2-4-12(17)13(18)6-8/h2-7H,1H3,(H,19,20). The molecule has 0 aromatic heterocycles. The third-order valence-electron chi connectivity index (χ3n) is 2.81. The molecule has 0 saturated heterocycles. The van der Waals surface area contributed by atoms with E-state index in [2.05, 4.69) is 10.1 Å². The van der Waals surface area contributed by atoms with Gasteiger partial charge in [-0.25, -0.2) is 18.0 Å². The summed E-state index contributed by atoms with van der Waals surface area (Å²) < 4.78 is 43.8. The van der Waals surface area contributed by atoms with Crippen molar-refractivity contribution in [2.24, 2.45) is 0 Å². The van der Waals surface area contributed by atoms with Crippen LogP contribution in [-0.4, -0.2) is 19.0 Å². The molecule has 0 saturated carbocycles.